The first kappa shape index (κ1) is 31.8. The van der Waals surface area contributed by atoms with E-state index in [2.05, 4.69) is 28.5 Å². The van der Waals surface area contributed by atoms with Crippen molar-refractivity contribution in [2.24, 2.45) is 13.0 Å². The Bertz CT molecular complexity index is 1550. The standard InChI is InChI=1S/C31H31Cl3N4O4S/c1-19-26(17-43-30-37-36-18-38(30)2)41-28(42-27(19)22-11-9-20(16-39)10-12-22)25-8-4-7-24(14-25)23-6-3-5-21(13-23)15-35-29(40)31(32,33)34/h3-14,18-19,26-28,39H,15-17H2,1-2H3,(H,35,40). The third kappa shape index (κ3) is 7.91. The van der Waals surface area contributed by atoms with E-state index in [0.29, 0.717) is 5.75 Å². The van der Waals surface area contributed by atoms with Crippen molar-refractivity contribution >= 4 is 52.5 Å². The molecule has 0 radical (unpaired) electrons. The number of hydrogen-bond donors (Lipinski definition) is 2. The number of nitrogens with one attached hydrogen (secondary N) is 1. The molecule has 0 saturated carbocycles. The average molecular weight is 662 g/mol. The number of carbonyl (C=O) groups is 1. The number of aliphatic hydroxyl groups is 1. The van der Waals surface area contributed by atoms with Gasteiger partial charge in [-0.1, -0.05) is 114 Å². The van der Waals surface area contributed by atoms with Gasteiger partial charge < -0.3 is 24.5 Å². The lowest BCUT2D eigenvalue weighted by atomic mass is 9.91. The smallest absolute Gasteiger partial charge is 0.272 e. The molecule has 1 aliphatic heterocycles. The lowest BCUT2D eigenvalue weighted by molar-refractivity contribution is -0.268. The largest absolute Gasteiger partial charge is 0.392 e. The maximum absolute atomic E-state index is 12.0. The van der Waals surface area contributed by atoms with Crippen LogP contribution < -0.4 is 5.32 Å². The van der Waals surface area contributed by atoms with E-state index < -0.39 is 16.0 Å². The van der Waals surface area contributed by atoms with Gasteiger partial charge in [-0.2, -0.15) is 0 Å². The number of nitrogens with zero attached hydrogens (tertiary/aromatic N) is 3. The van der Waals surface area contributed by atoms with Gasteiger partial charge in [0.05, 0.1) is 18.8 Å². The van der Waals surface area contributed by atoms with Gasteiger partial charge in [-0.3, -0.25) is 4.79 Å². The number of thioether (sulfide) groups is 1. The lowest BCUT2D eigenvalue weighted by Crippen LogP contribution is -2.38. The molecule has 2 N–H and O–H groups in total. The van der Waals surface area contributed by atoms with Crippen molar-refractivity contribution in [1.29, 1.82) is 0 Å². The maximum Gasteiger partial charge on any atom is 0.272 e. The number of aryl methyl sites for hydroxylation is 1. The quantitative estimate of drug-likeness (QED) is 0.155. The molecule has 12 heteroatoms. The molecule has 2 heterocycles. The number of hydrogen-bond acceptors (Lipinski definition) is 7. The van der Waals surface area contributed by atoms with Crippen LogP contribution in [0.5, 0.6) is 0 Å². The summed E-state index contributed by atoms with van der Waals surface area (Å²) in [5.74, 6) is 0.0263. The summed E-state index contributed by atoms with van der Waals surface area (Å²) in [6.07, 6.45) is 0.692. The Morgan fingerprint density at radius 2 is 1.72 bits per heavy atom. The number of aliphatic hydroxyl groups excluding tert-OH is 1. The van der Waals surface area contributed by atoms with E-state index in [9.17, 15) is 9.90 Å². The first-order chi connectivity index (χ1) is 20.6. The normalized spacial score (nSPS) is 20.6. The number of rotatable bonds is 9. The van der Waals surface area contributed by atoms with E-state index in [1.54, 1.807) is 18.1 Å². The number of benzene rings is 3. The first-order valence-electron chi connectivity index (χ1n) is 13.6. The molecular formula is C31H31Cl3N4O4S. The zero-order chi connectivity index (χ0) is 30.6. The summed E-state index contributed by atoms with van der Waals surface area (Å²) in [4.78, 5) is 12.0. The maximum atomic E-state index is 12.0. The molecule has 4 atom stereocenters. The van der Waals surface area contributed by atoms with Crippen molar-refractivity contribution in [2.45, 2.75) is 47.5 Å². The Kier molecular flexibility index (Phi) is 10.3. The molecule has 43 heavy (non-hydrogen) atoms. The number of carbonyl (C=O) groups excluding carboxylic acids is 1. The Balaban J connectivity index is 1.39. The summed E-state index contributed by atoms with van der Waals surface area (Å²) < 4.78 is 13.1. The minimum atomic E-state index is -2.02. The molecule has 226 valence electrons. The summed E-state index contributed by atoms with van der Waals surface area (Å²) in [6.45, 7) is 2.33. The third-order valence-electron chi connectivity index (χ3n) is 7.30. The van der Waals surface area contributed by atoms with E-state index in [1.807, 2.05) is 78.3 Å². The number of halogens is 3. The fraction of sp³-hybridized carbons (Fsp3) is 0.323. The molecule has 1 saturated heterocycles. The minimum Gasteiger partial charge on any atom is -0.392 e. The second-order valence-corrected chi connectivity index (χ2v) is 13.6. The predicted molar refractivity (Wildman–Crippen MR) is 169 cm³/mol. The fourth-order valence-electron chi connectivity index (χ4n) is 4.88. The zero-order valence-electron chi connectivity index (χ0n) is 23.5. The van der Waals surface area contributed by atoms with Gasteiger partial charge in [-0.05, 0) is 39.9 Å². The Morgan fingerprint density at radius 1 is 1.00 bits per heavy atom. The van der Waals surface area contributed by atoms with Crippen LogP contribution in [0.3, 0.4) is 0 Å². The summed E-state index contributed by atoms with van der Waals surface area (Å²) >= 11 is 18.6. The first-order valence-corrected chi connectivity index (χ1v) is 15.8. The van der Waals surface area contributed by atoms with Crippen molar-refractivity contribution in [2.75, 3.05) is 5.75 Å². The Labute approximate surface area is 269 Å². The van der Waals surface area contributed by atoms with Gasteiger partial charge >= 0.3 is 0 Å². The van der Waals surface area contributed by atoms with E-state index in [0.717, 1.165) is 38.5 Å². The van der Waals surface area contributed by atoms with Crippen molar-refractivity contribution < 1.29 is 19.4 Å². The van der Waals surface area contributed by atoms with E-state index in [1.165, 1.54) is 0 Å². The molecule has 1 amide bonds. The van der Waals surface area contributed by atoms with E-state index >= 15 is 0 Å². The van der Waals surface area contributed by atoms with Crippen molar-refractivity contribution in [3.05, 3.63) is 101 Å². The Hall–Kier alpha value is -2.63. The molecule has 1 aromatic heterocycles. The molecule has 0 aliphatic carbocycles. The molecule has 4 unspecified atom stereocenters. The van der Waals surface area contributed by atoms with Crippen LogP contribution >= 0.6 is 46.6 Å². The average Bonchev–Trinajstić information content (AvgIpc) is 3.43. The van der Waals surface area contributed by atoms with Gasteiger partial charge in [0, 0.05) is 30.8 Å². The van der Waals surface area contributed by atoms with Crippen LogP contribution in [0.15, 0.2) is 84.3 Å². The lowest BCUT2D eigenvalue weighted by Gasteiger charge is -2.41. The van der Waals surface area contributed by atoms with Crippen LogP contribution in [-0.4, -0.2) is 41.4 Å². The predicted octanol–water partition coefficient (Wildman–Crippen LogP) is 6.54. The SMILES string of the molecule is CC1C(CSc2nncn2C)OC(c2cccc(-c3cccc(CNC(=O)C(Cl)(Cl)Cl)c3)c2)OC1c1ccc(CO)cc1. The minimum absolute atomic E-state index is 0.0165. The molecule has 5 rings (SSSR count). The van der Waals surface area contributed by atoms with E-state index in [4.69, 9.17) is 44.3 Å². The molecule has 3 aromatic carbocycles. The van der Waals surface area contributed by atoms with Crippen molar-refractivity contribution in [3.63, 3.8) is 0 Å². The molecule has 0 bridgehead atoms. The molecule has 1 fully saturated rings. The molecule has 8 nitrogen and oxygen atoms in total. The van der Waals surface area contributed by atoms with Crippen molar-refractivity contribution in [1.82, 2.24) is 20.1 Å². The molecular weight excluding hydrogens is 631 g/mol. The van der Waals surface area contributed by atoms with Gasteiger partial charge in [-0.15, -0.1) is 10.2 Å². The highest BCUT2D eigenvalue weighted by molar-refractivity contribution is 7.99. The summed E-state index contributed by atoms with van der Waals surface area (Å²) in [6, 6.07) is 23.7. The van der Waals surface area contributed by atoms with E-state index in [-0.39, 0.29) is 31.3 Å². The second-order valence-electron chi connectivity index (χ2n) is 10.4. The third-order valence-corrected chi connectivity index (χ3v) is 8.94. The summed E-state index contributed by atoms with van der Waals surface area (Å²) in [5.41, 5.74) is 5.52. The van der Waals surface area contributed by atoms with Crippen LogP contribution in [0.2, 0.25) is 0 Å². The van der Waals surface area contributed by atoms with Crippen LogP contribution in [0, 0.1) is 5.92 Å². The number of ether oxygens (including phenoxy) is 2. The molecule has 1 aliphatic rings. The number of alkyl halides is 3. The van der Waals surface area contributed by atoms with Crippen LogP contribution in [-0.2, 0) is 34.5 Å². The fourth-order valence-corrected chi connectivity index (χ4v) is 6.13. The highest BCUT2D eigenvalue weighted by Gasteiger charge is 2.38. The van der Waals surface area contributed by atoms with Crippen LogP contribution in [0.1, 0.15) is 41.6 Å². The second kappa shape index (κ2) is 14.0. The zero-order valence-corrected chi connectivity index (χ0v) is 26.6. The number of amides is 1. The monoisotopic (exact) mass is 660 g/mol. The van der Waals surface area contributed by atoms with Crippen LogP contribution in [0.25, 0.3) is 11.1 Å². The number of aromatic nitrogens is 3. The van der Waals surface area contributed by atoms with Gasteiger partial charge in [0.15, 0.2) is 11.4 Å². The highest BCUT2D eigenvalue weighted by atomic mass is 35.6. The highest BCUT2D eigenvalue weighted by Crippen LogP contribution is 2.43. The summed E-state index contributed by atoms with van der Waals surface area (Å²) in [5, 5.41) is 21.2. The van der Waals surface area contributed by atoms with Crippen molar-refractivity contribution in [3.8, 4) is 11.1 Å². The topological polar surface area (TPSA) is 98.5 Å². The molecule has 0 spiro atoms. The molecule has 4 aromatic rings. The van der Waals surface area contributed by atoms with Gasteiger partial charge in [0.25, 0.3) is 9.70 Å². The van der Waals surface area contributed by atoms with Crippen LogP contribution in [0.4, 0.5) is 0 Å². The van der Waals surface area contributed by atoms with Gasteiger partial charge in [0.1, 0.15) is 6.33 Å². The van der Waals surface area contributed by atoms with Gasteiger partial charge in [-0.25, -0.2) is 0 Å². The Morgan fingerprint density at radius 3 is 2.40 bits per heavy atom. The summed E-state index contributed by atoms with van der Waals surface area (Å²) in [7, 11) is 1.92. The van der Waals surface area contributed by atoms with Gasteiger partial charge in [0.2, 0.25) is 0 Å².